The van der Waals surface area contributed by atoms with E-state index in [0.29, 0.717) is 24.5 Å². The van der Waals surface area contributed by atoms with Gasteiger partial charge in [0.05, 0.1) is 19.2 Å². The molecule has 0 aliphatic rings. The first-order chi connectivity index (χ1) is 13.5. The van der Waals surface area contributed by atoms with Gasteiger partial charge in [0.1, 0.15) is 11.5 Å². The molecule has 28 heavy (non-hydrogen) atoms. The van der Waals surface area contributed by atoms with Crippen LogP contribution in [0.5, 0.6) is 11.5 Å². The summed E-state index contributed by atoms with van der Waals surface area (Å²) in [6.45, 7) is -0.0194. The van der Waals surface area contributed by atoms with Gasteiger partial charge in [0.25, 0.3) is 5.91 Å². The normalized spacial score (nSPS) is 10.0. The Morgan fingerprint density at radius 3 is 2.43 bits per heavy atom. The molecule has 0 spiro atoms. The van der Waals surface area contributed by atoms with Crippen molar-refractivity contribution in [2.24, 2.45) is 0 Å². The van der Waals surface area contributed by atoms with E-state index in [2.05, 4.69) is 10.6 Å². The van der Waals surface area contributed by atoms with Gasteiger partial charge in [-0.25, -0.2) is 4.79 Å². The van der Waals surface area contributed by atoms with Gasteiger partial charge in [0, 0.05) is 6.54 Å². The molecule has 3 N–H and O–H groups in total. The van der Waals surface area contributed by atoms with Crippen molar-refractivity contribution in [3.8, 4) is 11.5 Å². The summed E-state index contributed by atoms with van der Waals surface area (Å²) >= 11 is 0. The van der Waals surface area contributed by atoms with E-state index in [1.165, 1.54) is 19.2 Å². The third-order valence-corrected chi connectivity index (χ3v) is 3.81. The summed E-state index contributed by atoms with van der Waals surface area (Å²) in [5.41, 5.74) is 0.901. The largest absolute Gasteiger partial charge is 0.496 e. The highest BCUT2D eigenvalue weighted by molar-refractivity contribution is 5.88. The summed E-state index contributed by atoms with van der Waals surface area (Å²) in [5.74, 6) is -0.755. The lowest BCUT2D eigenvalue weighted by atomic mass is 10.1. The summed E-state index contributed by atoms with van der Waals surface area (Å²) in [4.78, 5) is 34.5. The van der Waals surface area contributed by atoms with E-state index in [9.17, 15) is 14.4 Å². The van der Waals surface area contributed by atoms with E-state index < -0.39 is 11.9 Å². The number of methoxy groups -OCH3 is 1. The third-order valence-electron chi connectivity index (χ3n) is 3.81. The quantitative estimate of drug-likeness (QED) is 0.566. The number of carbonyl (C=O) groups is 3. The molecule has 8 heteroatoms. The SMILES string of the molecule is COc1cc(C(=O)O)ccc1CCNC(=O)CNC(=O)COc1ccccc1. The fourth-order valence-corrected chi connectivity index (χ4v) is 2.38. The molecule has 2 rings (SSSR count). The lowest BCUT2D eigenvalue weighted by Gasteiger charge is -2.11. The number of para-hydroxylation sites is 1. The zero-order chi connectivity index (χ0) is 20.4. The summed E-state index contributed by atoms with van der Waals surface area (Å²) in [6.07, 6.45) is 0.458. The molecule has 0 saturated carbocycles. The van der Waals surface area contributed by atoms with Gasteiger partial charge in [-0.3, -0.25) is 9.59 Å². The van der Waals surface area contributed by atoms with Crippen LogP contribution in [0.4, 0.5) is 0 Å². The Hall–Kier alpha value is -3.55. The van der Waals surface area contributed by atoms with E-state index in [4.69, 9.17) is 14.6 Å². The second kappa shape index (κ2) is 10.6. The van der Waals surface area contributed by atoms with E-state index in [1.54, 1.807) is 30.3 Å². The molecular formula is C20H22N2O6. The predicted molar refractivity (Wildman–Crippen MR) is 102 cm³/mol. The third kappa shape index (κ3) is 6.64. The maximum absolute atomic E-state index is 11.8. The second-order valence-electron chi connectivity index (χ2n) is 5.81. The monoisotopic (exact) mass is 386 g/mol. The number of ether oxygens (including phenoxy) is 2. The van der Waals surface area contributed by atoms with Crippen molar-refractivity contribution in [3.63, 3.8) is 0 Å². The number of rotatable bonds is 10. The number of carbonyl (C=O) groups excluding carboxylic acids is 2. The Labute approximate surface area is 162 Å². The molecule has 0 radical (unpaired) electrons. The fraction of sp³-hybridized carbons (Fsp3) is 0.250. The number of hydrogen-bond donors (Lipinski definition) is 3. The minimum atomic E-state index is -1.04. The number of carboxylic acid groups (broad SMARTS) is 1. The Morgan fingerprint density at radius 2 is 1.75 bits per heavy atom. The number of hydrogen-bond acceptors (Lipinski definition) is 5. The maximum Gasteiger partial charge on any atom is 0.335 e. The predicted octanol–water partition coefficient (Wildman–Crippen LogP) is 1.25. The summed E-state index contributed by atoms with van der Waals surface area (Å²) in [7, 11) is 1.45. The minimum Gasteiger partial charge on any atom is -0.496 e. The van der Waals surface area contributed by atoms with Crippen LogP contribution >= 0.6 is 0 Å². The van der Waals surface area contributed by atoms with Crippen LogP contribution < -0.4 is 20.1 Å². The number of benzene rings is 2. The van der Waals surface area contributed by atoms with Gasteiger partial charge in [-0.05, 0) is 36.2 Å². The van der Waals surface area contributed by atoms with Gasteiger partial charge >= 0.3 is 5.97 Å². The fourth-order valence-electron chi connectivity index (χ4n) is 2.38. The lowest BCUT2D eigenvalue weighted by Crippen LogP contribution is -2.39. The van der Waals surface area contributed by atoms with E-state index in [0.717, 1.165) is 5.56 Å². The second-order valence-corrected chi connectivity index (χ2v) is 5.81. The summed E-state index contributed by atoms with van der Waals surface area (Å²) in [5, 5.41) is 14.2. The van der Waals surface area contributed by atoms with Crippen LogP contribution in [0, 0.1) is 0 Å². The molecule has 0 saturated heterocycles. The van der Waals surface area contributed by atoms with Gasteiger partial charge in [0.2, 0.25) is 5.91 Å². The standard InChI is InChI=1S/C20H22N2O6/c1-27-17-11-15(20(25)26)8-7-14(17)9-10-21-18(23)12-22-19(24)13-28-16-5-3-2-4-6-16/h2-8,11H,9-10,12-13H2,1H3,(H,21,23)(H,22,24)(H,25,26). The first-order valence-electron chi connectivity index (χ1n) is 8.61. The van der Waals surface area contributed by atoms with E-state index >= 15 is 0 Å². The maximum atomic E-state index is 11.8. The molecule has 2 amide bonds. The molecule has 0 aromatic heterocycles. The number of aromatic carboxylic acids is 1. The van der Waals surface area contributed by atoms with Gasteiger partial charge in [-0.1, -0.05) is 24.3 Å². The van der Waals surface area contributed by atoms with Gasteiger partial charge in [-0.2, -0.15) is 0 Å². The summed E-state index contributed by atoms with van der Waals surface area (Å²) in [6, 6.07) is 13.5. The molecule has 2 aromatic rings. The topological polar surface area (TPSA) is 114 Å². The smallest absolute Gasteiger partial charge is 0.335 e. The van der Waals surface area contributed by atoms with Gasteiger partial charge < -0.3 is 25.2 Å². The Morgan fingerprint density at radius 1 is 1.00 bits per heavy atom. The Balaban J connectivity index is 1.69. The zero-order valence-corrected chi connectivity index (χ0v) is 15.4. The molecule has 0 aliphatic carbocycles. The van der Waals surface area contributed by atoms with Crippen molar-refractivity contribution in [3.05, 3.63) is 59.7 Å². The molecule has 0 unspecified atom stereocenters. The molecule has 0 bridgehead atoms. The van der Waals surface area contributed by atoms with Crippen LogP contribution in [0.1, 0.15) is 15.9 Å². The van der Waals surface area contributed by atoms with Crippen molar-refractivity contribution in [1.82, 2.24) is 10.6 Å². The minimum absolute atomic E-state index is 0.130. The Bertz CT molecular complexity index is 823. The molecule has 0 atom stereocenters. The number of nitrogens with one attached hydrogen (secondary N) is 2. The number of amides is 2. The highest BCUT2D eigenvalue weighted by atomic mass is 16.5. The summed E-state index contributed by atoms with van der Waals surface area (Å²) < 4.78 is 10.5. The first kappa shape index (κ1) is 20.8. The highest BCUT2D eigenvalue weighted by Gasteiger charge is 2.10. The molecule has 0 heterocycles. The van der Waals surface area contributed by atoms with Crippen molar-refractivity contribution < 1.29 is 29.0 Å². The molecule has 0 aliphatic heterocycles. The molecule has 148 valence electrons. The van der Waals surface area contributed by atoms with Crippen LogP contribution in [0.2, 0.25) is 0 Å². The van der Waals surface area contributed by atoms with Gasteiger partial charge in [-0.15, -0.1) is 0 Å². The van der Waals surface area contributed by atoms with Crippen molar-refractivity contribution in [1.29, 1.82) is 0 Å². The average molecular weight is 386 g/mol. The average Bonchev–Trinajstić information content (AvgIpc) is 2.71. The molecular weight excluding hydrogens is 364 g/mol. The van der Waals surface area contributed by atoms with E-state index in [-0.39, 0.29) is 24.6 Å². The lowest BCUT2D eigenvalue weighted by molar-refractivity contribution is -0.127. The van der Waals surface area contributed by atoms with E-state index in [1.807, 2.05) is 6.07 Å². The van der Waals surface area contributed by atoms with Crippen LogP contribution in [-0.4, -0.2) is 49.7 Å². The van der Waals surface area contributed by atoms with Crippen LogP contribution in [0.3, 0.4) is 0 Å². The Kier molecular flexibility index (Phi) is 7.83. The van der Waals surface area contributed by atoms with Crippen LogP contribution in [0.15, 0.2) is 48.5 Å². The van der Waals surface area contributed by atoms with Crippen LogP contribution in [0.25, 0.3) is 0 Å². The van der Waals surface area contributed by atoms with Crippen molar-refractivity contribution in [2.75, 3.05) is 26.8 Å². The zero-order valence-electron chi connectivity index (χ0n) is 15.4. The van der Waals surface area contributed by atoms with Crippen molar-refractivity contribution in [2.45, 2.75) is 6.42 Å². The first-order valence-corrected chi connectivity index (χ1v) is 8.61. The highest BCUT2D eigenvalue weighted by Crippen LogP contribution is 2.20. The van der Waals surface area contributed by atoms with Gasteiger partial charge in [0.15, 0.2) is 6.61 Å². The van der Waals surface area contributed by atoms with Crippen molar-refractivity contribution >= 4 is 17.8 Å². The molecule has 0 fully saturated rings. The molecule has 8 nitrogen and oxygen atoms in total. The van der Waals surface area contributed by atoms with Crippen LogP contribution in [-0.2, 0) is 16.0 Å². The molecule has 2 aromatic carbocycles. The number of carboxylic acids is 1.